The number of halogens is 2. The van der Waals surface area contributed by atoms with Crippen LogP contribution in [0.2, 0.25) is 0 Å². The number of aryl methyl sites for hydroxylation is 2. The van der Waals surface area contributed by atoms with Gasteiger partial charge in [-0.1, -0.05) is 29.8 Å². The highest BCUT2D eigenvalue weighted by atomic mass is 19.1. The van der Waals surface area contributed by atoms with Crippen LogP contribution in [-0.4, -0.2) is 9.55 Å². The summed E-state index contributed by atoms with van der Waals surface area (Å²) in [6, 6.07) is 9.62. The topological polar surface area (TPSA) is 29.9 Å². The smallest absolute Gasteiger partial charge is 0.130 e. The second-order valence-electron chi connectivity index (χ2n) is 6.70. The second-order valence-corrected chi connectivity index (χ2v) is 6.70. The van der Waals surface area contributed by atoms with Crippen molar-refractivity contribution in [3.8, 4) is 0 Å². The van der Waals surface area contributed by atoms with Gasteiger partial charge in [0.05, 0.1) is 12.4 Å². The summed E-state index contributed by atoms with van der Waals surface area (Å²) < 4.78 is 30.3. The molecule has 0 saturated heterocycles. The van der Waals surface area contributed by atoms with Gasteiger partial charge in [-0.25, -0.2) is 13.8 Å². The molecule has 5 heteroatoms. The minimum atomic E-state index is -0.535. The summed E-state index contributed by atoms with van der Waals surface area (Å²) >= 11 is 0. The number of hydrogen-bond acceptors (Lipinski definition) is 2. The first kappa shape index (κ1) is 18.3. The number of benzene rings is 2. The Labute approximate surface area is 152 Å². The highest BCUT2D eigenvalue weighted by Gasteiger charge is 2.22. The predicted octanol–water partition coefficient (Wildman–Crippen LogP) is 4.87. The quantitative estimate of drug-likeness (QED) is 0.684. The molecule has 2 unspecified atom stereocenters. The average Bonchev–Trinajstić information content (AvgIpc) is 3.07. The molecule has 0 radical (unpaired) electrons. The zero-order chi connectivity index (χ0) is 18.7. The van der Waals surface area contributed by atoms with E-state index in [2.05, 4.69) is 35.4 Å². The van der Waals surface area contributed by atoms with E-state index in [1.54, 1.807) is 19.4 Å². The first-order chi connectivity index (χ1) is 12.5. The molecule has 2 aromatic carbocycles. The fourth-order valence-corrected chi connectivity index (χ4v) is 3.37. The van der Waals surface area contributed by atoms with E-state index in [1.807, 2.05) is 17.7 Å². The van der Waals surface area contributed by atoms with Crippen molar-refractivity contribution in [2.45, 2.75) is 39.4 Å². The maximum Gasteiger partial charge on any atom is 0.130 e. The van der Waals surface area contributed by atoms with Gasteiger partial charge < -0.3 is 9.88 Å². The van der Waals surface area contributed by atoms with Crippen LogP contribution in [0.25, 0.3) is 0 Å². The summed E-state index contributed by atoms with van der Waals surface area (Å²) in [6.45, 7) is 6.50. The van der Waals surface area contributed by atoms with Gasteiger partial charge in [-0.3, -0.25) is 0 Å². The highest BCUT2D eigenvalue weighted by molar-refractivity contribution is 5.33. The molecular formula is C21H23F2N3. The van der Waals surface area contributed by atoms with Gasteiger partial charge in [0, 0.05) is 30.5 Å². The second kappa shape index (κ2) is 7.79. The molecule has 3 rings (SSSR count). The Balaban J connectivity index is 1.93. The van der Waals surface area contributed by atoms with Crippen molar-refractivity contribution >= 4 is 0 Å². The molecule has 0 aliphatic carbocycles. The van der Waals surface area contributed by atoms with E-state index >= 15 is 0 Å². The molecule has 0 aliphatic heterocycles. The fraction of sp³-hybridized carbons (Fsp3) is 0.286. The summed E-state index contributed by atoms with van der Waals surface area (Å²) in [5, 5.41) is 3.40. The number of imidazole rings is 1. The molecule has 0 fully saturated rings. The Bertz CT molecular complexity index is 855. The summed E-state index contributed by atoms with van der Waals surface area (Å²) in [7, 11) is 0. The van der Waals surface area contributed by atoms with Gasteiger partial charge >= 0.3 is 0 Å². The number of aromatic nitrogens is 2. The van der Waals surface area contributed by atoms with Gasteiger partial charge in [-0.15, -0.1) is 0 Å². The van der Waals surface area contributed by atoms with Crippen LogP contribution in [0.5, 0.6) is 0 Å². The normalized spacial score (nSPS) is 13.6. The molecule has 1 heterocycles. The summed E-state index contributed by atoms with van der Waals surface area (Å²) in [4.78, 5) is 4.09. The SMILES string of the molecule is Cc1ccc(C(Cn2ccnc2)NC(C)c2c(F)cccc2F)c(C)c1. The number of nitrogens with one attached hydrogen (secondary N) is 1. The summed E-state index contributed by atoms with van der Waals surface area (Å²) in [5.41, 5.74) is 3.49. The van der Waals surface area contributed by atoms with E-state index in [0.717, 1.165) is 11.1 Å². The van der Waals surface area contributed by atoms with Crippen LogP contribution in [0, 0.1) is 25.5 Å². The van der Waals surface area contributed by atoms with Crippen LogP contribution >= 0.6 is 0 Å². The third kappa shape index (κ3) is 3.99. The Morgan fingerprint density at radius 3 is 2.46 bits per heavy atom. The van der Waals surface area contributed by atoms with E-state index in [9.17, 15) is 8.78 Å². The van der Waals surface area contributed by atoms with Crippen LogP contribution in [0.1, 0.15) is 41.3 Å². The molecule has 0 amide bonds. The van der Waals surface area contributed by atoms with Gasteiger partial charge in [0.2, 0.25) is 0 Å². The molecule has 0 saturated carbocycles. The molecule has 3 aromatic rings. The zero-order valence-electron chi connectivity index (χ0n) is 15.2. The molecule has 2 atom stereocenters. The van der Waals surface area contributed by atoms with Gasteiger partial charge in [0.15, 0.2) is 0 Å². The lowest BCUT2D eigenvalue weighted by Crippen LogP contribution is -2.29. The zero-order valence-corrected chi connectivity index (χ0v) is 15.2. The minimum Gasteiger partial charge on any atom is -0.336 e. The highest BCUT2D eigenvalue weighted by Crippen LogP contribution is 2.27. The van der Waals surface area contributed by atoms with Gasteiger partial charge in [-0.05, 0) is 44.0 Å². The van der Waals surface area contributed by atoms with Gasteiger partial charge in [0.1, 0.15) is 11.6 Å². The van der Waals surface area contributed by atoms with Crippen LogP contribution < -0.4 is 5.32 Å². The largest absolute Gasteiger partial charge is 0.336 e. The van der Waals surface area contributed by atoms with E-state index in [0.29, 0.717) is 6.54 Å². The van der Waals surface area contributed by atoms with Crippen LogP contribution in [0.3, 0.4) is 0 Å². The molecular weight excluding hydrogens is 332 g/mol. The molecule has 0 spiro atoms. The fourth-order valence-electron chi connectivity index (χ4n) is 3.37. The molecule has 0 bridgehead atoms. The number of hydrogen-bond donors (Lipinski definition) is 1. The lowest BCUT2D eigenvalue weighted by atomic mass is 9.97. The van der Waals surface area contributed by atoms with Crippen molar-refractivity contribution in [2.75, 3.05) is 0 Å². The van der Waals surface area contributed by atoms with Crippen molar-refractivity contribution in [2.24, 2.45) is 0 Å². The Morgan fingerprint density at radius 1 is 1.12 bits per heavy atom. The maximum atomic E-state index is 14.2. The maximum absolute atomic E-state index is 14.2. The summed E-state index contributed by atoms with van der Waals surface area (Å²) in [6.07, 6.45) is 5.35. The van der Waals surface area contributed by atoms with Crippen molar-refractivity contribution in [1.82, 2.24) is 14.9 Å². The van der Waals surface area contributed by atoms with E-state index in [1.165, 1.54) is 23.8 Å². The van der Waals surface area contributed by atoms with E-state index in [-0.39, 0.29) is 11.6 Å². The first-order valence-corrected chi connectivity index (χ1v) is 8.68. The van der Waals surface area contributed by atoms with Crippen molar-refractivity contribution in [3.63, 3.8) is 0 Å². The Kier molecular flexibility index (Phi) is 5.47. The molecule has 1 aromatic heterocycles. The standard InChI is InChI=1S/C21H23F2N3/c1-14-7-8-17(15(2)11-14)20(12-26-10-9-24-13-26)25-16(3)21-18(22)5-4-6-19(21)23/h4-11,13,16,20,25H,12H2,1-3H3. The van der Waals surface area contributed by atoms with Gasteiger partial charge in [0.25, 0.3) is 0 Å². The minimum absolute atomic E-state index is 0.0629. The third-order valence-electron chi connectivity index (χ3n) is 4.64. The van der Waals surface area contributed by atoms with Crippen LogP contribution in [0.4, 0.5) is 8.78 Å². The van der Waals surface area contributed by atoms with Crippen molar-refractivity contribution in [3.05, 3.63) is 89.0 Å². The molecule has 3 nitrogen and oxygen atoms in total. The molecule has 136 valence electrons. The molecule has 26 heavy (non-hydrogen) atoms. The van der Waals surface area contributed by atoms with Gasteiger partial charge in [-0.2, -0.15) is 0 Å². The predicted molar refractivity (Wildman–Crippen MR) is 98.8 cm³/mol. The van der Waals surface area contributed by atoms with Crippen LogP contribution in [-0.2, 0) is 6.54 Å². The third-order valence-corrected chi connectivity index (χ3v) is 4.64. The Hall–Kier alpha value is -2.53. The Morgan fingerprint density at radius 2 is 1.85 bits per heavy atom. The molecule has 1 N–H and O–H groups in total. The average molecular weight is 355 g/mol. The first-order valence-electron chi connectivity index (χ1n) is 8.68. The lowest BCUT2D eigenvalue weighted by Gasteiger charge is -2.26. The van der Waals surface area contributed by atoms with Crippen LogP contribution in [0.15, 0.2) is 55.1 Å². The van der Waals surface area contributed by atoms with Crippen molar-refractivity contribution in [1.29, 1.82) is 0 Å². The monoisotopic (exact) mass is 355 g/mol. The molecule has 0 aliphatic rings. The van der Waals surface area contributed by atoms with E-state index < -0.39 is 17.7 Å². The van der Waals surface area contributed by atoms with E-state index in [4.69, 9.17) is 0 Å². The number of nitrogens with zero attached hydrogens (tertiary/aromatic N) is 2. The lowest BCUT2D eigenvalue weighted by molar-refractivity contribution is 0.397. The van der Waals surface area contributed by atoms with Crippen molar-refractivity contribution < 1.29 is 8.78 Å². The number of rotatable bonds is 6. The summed E-state index contributed by atoms with van der Waals surface area (Å²) in [5.74, 6) is -1.07.